The number of aryl methyl sites for hydroxylation is 1. The highest BCUT2D eigenvalue weighted by Crippen LogP contribution is 2.31. The Kier molecular flexibility index (Phi) is 6.57. The van der Waals surface area contributed by atoms with Crippen molar-refractivity contribution in [2.75, 3.05) is 24.5 Å². The molecule has 9 heteroatoms. The Morgan fingerprint density at radius 1 is 1.16 bits per heavy atom. The molecule has 4 rings (SSSR count). The molecule has 0 aliphatic carbocycles. The maximum absolute atomic E-state index is 13.3. The van der Waals surface area contributed by atoms with E-state index in [1.807, 2.05) is 18.2 Å². The number of fused-ring (bicyclic) bond motifs is 1. The van der Waals surface area contributed by atoms with E-state index in [1.165, 1.54) is 11.2 Å². The normalized spacial score (nSPS) is 19.3. The van der Waals surface area contributed by atoms with Crippen LogP contribution in [0.5, 0.6) is 0 Å². The molecule has 0 spiro atoms. The molecule has 1 aromatic carbocycles. The first-order chi connectivity index (χ1) is 15.4. The summed E-state index contributed by atoms with van der Waals surface area (Å²) in [7, 11) is -3.73. The smallest absolute Gasteiger partial charge is 0.243 e. The zero-order valence-corrected chi connectivity index (χ0v) is 19.0. The van der Waals surface area contributed by atoms with E-state index in [0.29, 0.717) is 32.5 Å². The first-order valence-corrected chi connectivity index (χ1v) is 12.4. The van der Waals surface area contributed by atoms with Gasteiger partial charge in [0.1, 0.15) is 0 Å². The summed E-state index contributed by atoms with van der Waals surface area (Å²) in [6, 6.07) is 10.5. The number of hydrogen-bond acceptors (Lipinski definition) is 5. The summed E-state index contributed by atoms with van der Waals surface area (Å²) in [6.07, 6.45) is 4.49. The molecule has 2 aliphatic rings. The van der Waals surface area contributed by atoms with Crippen molar-refractivity contribution in [3.63, 3.8) is 0 Å². The molecule has 170 valence electrons. The fourth-order valence-corrected chi connectivity index (χ4v) is 5.98. The zero-order valence-electron chi connectivity index (χ0n) is 18.2. The van der Waals surface area contributed by atoms with Gasteiger partial charge in [-0.25, -0.2) is 8.42 Å². The minimum atomic E-state index is -3.73. The van der Waals surface area contributed by atoms with E-state index in [0.717, 1.165) is 29.8 Å². The standard InChI is InChI=1S/C23H28N4O4S/c1-17(28)27-13-5-6-18-14-21(9-10-22(18)27)32(30,31)26-12-4-7-19(16-26)23(29)25-15-20-8-2-3-11-24-20/h2-3,8-11,14,19H,4-7,12-13,15-16H2,1H3,(H,25,29)/t19-/m0/s1. The lowest BCUT2D eigenvalue weighted by Gasteiger charge is -2.32. The van der Waals surface area contributed by atoms with Gasteiger partial charge < -0.3 is 10.2 Å². The van der Waals surface area contributed by atoms with Crippen molar-refractivity contribution in [1.29, 1.82) is 0 Å². The number of carbonyl (C=O) groups excluding carboxylic acids is 2. The Balaban J connectivity index is 1.46. The Labute approximate surface area is 188 Å². The molecule has 0 saturated carbocycles. The molecule has 1 saturated heterocycles. The molecule has 2 aliphatic heterocycles. The van der Waals surface area contributed by atoms with Crippen LogP contribution in [0.3, 0.4) is 0 Å². The van der Waals surface area contributed by atoms with Crippen molar-refractivity contribution < 1.29 is 18.0 Å². The average molecular weight is 457 g/mol. The van der Waals surface area contributed by atoms with Crippen LogP contribution < -0.4 is 10.2 Å². The van der Waals surface area contributed by atoms with Gasteiger partial charge in [0, 0.05) is 38.4 Å². The number of piperidine rings is 1. The second-order valence-electron chi connectivity index (χ2n) is 8.31. The van der Waals surface area contributed by atoms with Crippen molar-refractivity contribution >= 4 is 27.5 Å². The molecule has 1 atom stereocenters. The maximum atomic E-state index is 13.3. The summed E-state index contributed by atoms with van der Waals surface area (Å²) in [4.78, 5) is 30.7. The second-order valence-corrected chi connectivity index (χ2v) is 10.2. The van der Waals surface area contributed by atoms with Gasteiger partial charge in [0.05, 0.1) is 23.1 Å². The van der Waals surface area contributed by atoms with Gasteiger partial charge in [0.15, 0.2) is 0 Å². The third kappa shape index (κ3) is 4.68. The van der Waals surface area contributed by atoms with Gasteiger partial charge in [-0.2, -0.15) is 4.31 Å². The summed E-state index contributed by atoms with van der Waals surface area (Å²) in [5.41, 5.74) is 2.41. The number of anilines is 1. The molecule has 0 radical (unpaired) electrons. The molecular formula is C23H28N4O4S. The molecule has 0 unspecified atom stereocenters. The Hall–Kier alpha value is -2.78. The molecule has 32 heavy (non-hydrogen) atoms. The number of nitrogens with zero attached hydrogens (tertiary/aromatic N) is 3. The van der Waals surface area contributed by atoms with E-state index in [2.05, 4.69) is 10.3 Å². The SMILES string of the molecule is CC(=O)N1CCCc2cc(S(=O)(=O)N3CCC[C@H](C(=O)NCc4ccccn4)C3)ccc21. The van der Waals surface area contributed by atoms with Crippen molar-refractivity contribution in [3.8, 4) is 0 Å². The van der Waals surface area contributed by atoms with Gasteiger partial charge in [-0.15, -0.1) is 0 Å². The van der Waals surface area contributed by atoms with Gasteiger partial charge in [-0.05, 0) is 61.6 Å². The van der Waals surface area contributed by atoms with Crippen molar-refractivity contribution in [1.82, 2.24) is 14.6 Å². The lowest BCUT2D eigenvalue weighted by Crippen LogP contribution is -2.45. The molecule has 0 bridgehead atoms. The molecule has 2 aromatic rings. The number of rotatable bonds is 5. The van der Waals surface area contributed by atoms with E-state index in [4.69, 9.17) is 0 Å². The summed E-state index contributed by atoms with van der Waals surface area (Å²) < 4.78 is 28.1. The van der Waals surface area contributed by atoms with Crippen LogP contribution in [0.4, 0.5) is 5.69 Å². The van der Waals surface area contributed by atoms with Gasteiger partial charge >= 0.3 is 0 Å². The highest BCUT2D eigenvalue weighted by Gasteiger charge is 2.34. The van der Waals surface area contributed by atoms with E-state index < -0.39 is 15.9 Å². The summed E-state index contributed by atoms with van der Waals surface area (Å²) >= 11 is 0. The van der Waals surface area contributed by atoms with Gasteiger partial charge in [0.2, 0.25) is 21.8 Å². The Bertz CT molecular complexity index is 1100. The molecule has 1 aromatic heterocycles. The van der Waals surface area contributed by atoms with Crippen LogP contribution >= 0.6 is 0 Å². The molecule has 8 nitrogen and oxygen atoms in total. The summed E-state index contributed by atoms with van der Waals surface area (Å²) in [6.45, 7) is 3.04. The molecule has 3 heterocycles. The highest BCUT2D eigenvalue weighted by atomic mass is 32.2. The number of nitrogens with one attached hydrogen (secondary N) is 1. The van der Waals surface area contributed by atoms with Crippen LogP contribution in [-0.4, -0.2) is 49.2 Å². The largest absolute Gasteiger partial charge is 0.350 e. The lowest BCUT2D eigenvalue weighted by molar-refractivity contribution is -0.126. The van der Waals surface area contributed by atoms with Crippen molar-refractivity contribution in [2.45, 2.75) is 44.0 Å². The van der Waals surface area contributed by atoms with E-state index >= 15 is 0 Å². The Morgan fingerprint density at radius 3 is 2.75 bits per heavy atom. The first kappa shape index (κ1) is 22.4. The number of hydrogen-bond donors (Lipinski definition) is 1. The van der Waals surface area contributed by atoms with Crippen LogP contribution in [0, 0.1) is 5.92 Å². The average Bonchev–Trinajstić information content (AvgIpc) is 2.82. The maximum Gasteiger partial charge on any atom is 0.243 e. The predicted octanol–water partition coefficient (Wildman–Crippen LogP) is 2.10. The van der Waals surface area contributed by atoms with Crippen molar-refractivity contribution in [2.24, 2.45) is 5.92 Å². The lowest BCUT2D eigenvalue weighted by atomic mass is 9.99. The van der Waals surface area contributed by atoms with E-state index in [1.54, 1.807) is 29.3 Å². The van der Waals surface area contributed by atoms with Crippen molar-refractivity contribution in [3.05, 3.63) is 53.9 Å². The van der Waals surface area contributed by atoms with Crippen LogP contribution in [0.25, 0.3) is 0 Å². The van der Waals surface area contributed by atoms with Crippen LogP contribution in [0.2, 0.25) is 0 Å². The van der Waals surface area contributed by atoms with Gasteiger partial charge in [0.25, 0.3) is 0 Å². The van der Waals surface area contributed by atoms with E-state index in [-0.39, 0.29) is 23.3 Å². The fraction of sp³-hybridized carbons (Fsp3) is 0.435. The van der Waals surface area contributed by atoms with Gasteiger partial charge in [-0.3, -0.25) is 14.6 Å². The Morgan fingerprint density at radius 2 is 2.00 bits per heavy atom. The number of carbonyl (C=O) groups is 2. The quantitative estimate of drug-likeness (QED) is 0.743. The van der Waals surface area contributed by atoms with Crippen LogP contribution in [0.15, 0.2) is 47.5 Å². The number of amides is 2. The monoisotopic (exact) mass is 456 g/mol. The third-order valence-electron chi connectivity index (χ3n) is 6.11. The summed E-state index contributed by atoms with van der Waals surface area (Å²) in [5, 5.41) is 2.88. The summed E-state index contributed by atoms with van der Waals surface area (Å²) in [5.74, 6) is -0.594. The topological polar surface area (TPSA) is 99.7 Å². The predicted molar refractivity (Wildman–Crippen MR) is 120 cm³/mol. The number of aromatic nitrogens is 1. The van der Waals surface area contributed by atoms with Crippen LogP contribution in [0.1, 0.15) is 37.4 Å². The zero-order chi connectivity index (χ0) is 22.7. The third-order valence-corrected chi connectivity index (χ3v) is 7.97. The first-order valence-electron chi connectivity index (χ1n) is 10.9. The van der Waals surface area contributed by atoms with E-state index in [9.17, 15) is 18.0 Å². The van der Waals surface area contributed by atoms with Gasteiger partial charge in [-0.1, -0.05) is 6.07 Å². The minimum Gasteiger partial charge on any atom is -0.350 e. The number of sulfonamides is 1. The molecule has 1 N–H and O–H groups in total. The minimum absolute atomic E-state index is 0.0443. The number of benzene rings is 1. The second kappa shape index (κ2) is 9.38. The molecule has 2 amide bonds. The molecular weight excluding hydrogens is 428 g/mol. The number of pyridine rings is 1. The highest BCUT2D eigenvalue weighted by molar-refractivity contribution is 7.89. The molecule has 1 fully saturated rings. The van der Waals surface area contributed by atoms with Crippen LogP contribution in [-0.2, 0) is 32.6 Å². The fourth-order valence-electron chi connectivity index (χ4n) is 4.41.